The highest BCUT2D eigenvalue weighted by molar-refractivity contribution is 5.86. The average molecular weight is 460 g/mol. The van der Waals surface area contributed by atoms with Crippen LogP contribution in [0.3, 0.4) is 0 Å². The minimum Gasteiger partial charge on any atom is -0.385 e. The Morgan fingerprint density at radius 1 is 1.10 bits per heavy atom. The largest absolute Gasteiger partial charge is 0.385 e. The molecule has 0 radical (unpaired) electrons. The topological polar surface area (TPSA) is 103 Å². The van der Waals surface area contributed by atoms with Gasteiger partial charge in [-0.15, -0.1) is 24.8 Å². The Bertz CT molecular complexity index is 774. The molecule has 2 aromatic rings. The van der Waals surface area contributed by atoms with Crippen LogP contribution in [-0.4, -0.2) is 51.9 Å². The molecule has 4 rings (SSSR count). The first-order valence-corrected chi connectivity index (χ1v) is 10.7. The van der Waals surface area contributed by atoms with Gasteiger partial charge in [0, 0.05) is 38.4 Å². The predicted molar refractivity (Wildman–Crippen MR) is 126 cm³/mol. The van der Waals surface area contributed by atoms with E-state index < -0.39 is 0 Å². The van der Waals surface area contributed by atoms with E-state index in [1.807, 2.05) is 6.33 Å². The smallest absolute Gasteiger partial charge is 0.227 e. The van der Waals surface area contributed by atoms with Crippen LogP contribution in [0.4, 0.5) is 11.8 Å². The molecule has 2 heterocycles. The molecule has 2 aliphatic rings. The highest BCUT2D eigenvalue weighted by Gasteiger charge is 2.23. The number of nitrogens with one attached hydrogen (secondary N) is 2. The molecule has 0 saturated heterocycles. The number of nitrogens with two attached hydrogens (primary N) is 1. The molecule has 2 aromatic heterocycles. The summed E-state index contributed by atoms with van der Waals surface area (Å²) in [7, 11) is 1.73. The van der Waals surface area contributed by atoms with Crippen molar-refractivity contribution in [1.82, 2.24) is 19.5 Å². The fraction of sp³-hybridized carbons (Fsp3) is 0.750. The zero-order valence-electron chi connectivity index (χ0n) is 17.7. The number of fused-ring (bicyclic) bond motifs is 1. The molecule has 4 N–H and O–H groups in total. The van der Waals surface area contributed by atoms with E-state index in [4.69, 9.17) is 20.4 Å². The van der Waals surface area contributed by atoms with Crippen molar-refractivity contribution in [3.05, 3.63) is 6.33 Å². The first-order chi connectivity index (χ1) is 13.7. The summed E-state index contributed by atoms with van der Waals surface area (Å²) in [5.74, 6) is 1.51. The summed E-state index contributed by atoms with van der Waals surface area (Å²) in [5, 5.41) is 7.00. The van der Waals surface area contributed by atoms with Crippen LogP contribution in [0.5, 0.6) is 0 Å². The Morgan fingerprint density at radius 2 is 1.83 bits per heavy atom. The highest BCUT2D eigenvalue weighted by Crippen LogP contribution is 2.33. The predicted octanol–water partition coefficient (Wildman–Crippen LogP) is 3.92. The van der Waals surface area contributed by atoms with Gasteiger partial charge in [-0.1, -0.05) is 12.8 Å². The van der Waals surface area contributed by atoms with Gasteiger partial charge in [-0.25, -0.2) is 4.98 Å². The van der Waals surface area contributed by atoms with E-state index in [0.29, 0.717) is 24.1 Å². The van der Waals surface area contributed by atoms with Crippen LogP contribution >= 0.6 is 24.8 Å². The van der Waals surface area contributed by atoms with Crippen molar-refractivity contribution >= 4 is 47.7 Å². The second-order valence-corrected chi connectivity index (χ2v) is 8.19. The third-order valence-electron chi connectivity index (χ3n) is 6.06. The van der Waals surface area contributed by atoms with E-state index in [0.717, 1.165) is 62.2 Å². The molecule has 0 unspecified atom stereocenters. The van der Waals surface area contributed by atoms with Crippen molar-refractivity contribution in [2.45, 2.75) is 75.9 Å². The maximum Gasteiger partial charge on any atom is 0.227 e. The SMILES string of the molecule is COCCCNc1nc(N[C@H]2CC[C@H](N)CC2)nc2c1ncn2C1CCCC1.Cl.Cl. The van der Waals surface area contributed by atoms with E-state index in [2.05, 4.69) is 20.2 Å². The van der Waals surface area contributed by atoms with Crippen molar-refractivity contribution in [2.75, 3.05) is 30.9 Å². The van der Waals surface area contributed by atoms with Crippen molar-refractivity contribution in [1.29, 1.82) is 0 Å². The Balaban J connectivity index is 0.00000160. The summed E-state index contributed by atoms with van der Waals surface area (Å²) in [4.78, 5) is 14.3. The van der Waals surface area contributed by atoms with E-state index in [1.54, 1.807) is 7.11 Å². The monoisotopic (exact) mass is 459 g/mol. The lowest BCUT2D eigenvalue weighted by molar-refractivity contribution is 0.198. The lowest BCUT2D eigenvalue weighted by Crippen LogP contribution is -2.33. The van der Waals surface area contributed by atoms with Crippen molar-refractivity contribution < 1.29 is 4.74 Å². The normalized spacial score (nSPS) is 21.8. The number of imidazole rings is 1. The van der Waals surface area contributed by atoms with Gasteiger partial charge in [0.2, 0.25) is 5.95 Å². The lowest BCUT2D eigenvalue weighted by atomic mass is 9.92. The molecular weight excluding hydrogens is 425 g/mol. The summed E-state index contributed by atoms with van der Waals surface area (Å²) >= 11 is 0. The van der Waals surface area contributed by atoms with Crippen LogP contribution in [0.15, 0.2) is 6.33 Å². The number of nitrogens with zero attached hydrogens (tertiary/aromatic N) is 4. The molecule has 0 amide bonds. The summed E-state index contributed by atoms with van der Waals surface area (Å²) in [6.07, 6.45) is 12.1. The maximum absolute atomic E-state index is 6.05. The molecule has 0 aliphatic heterocycles. The third kappa shape index (κ3) is 5.87. The molecule has 2 aliphatic carbocycles. The first kappa shape index (κ1) is 24.9. The highest BCUT2D eigenvalue weighted by atomic mass is 35.5. The summed E-state index contributed by atoms with van der Waals surface area (Å²) in [6, 6.07) is 1.23. The zero-order chi connectivity index (χ0) is 19.3. The number of halogens is 2. The summed E-state index contributed by atoms with van der Waals surface area (Å²) in [6.45, 7) is 1.53. The van der Waals surface area contributed by atoms with Gasteiger partial charge in [0.1, 0.15) is 0 Å². The van der Waals surface area contributed by atoms with Crippen LogP contribution < -0.4 is 16.4 Å². The molecule has 2 fully saturated rings. The second kappa shape index (κ2) is 11.9. The van der Waals surface area contributed by atoms with Gasteiger partial charge in [0.05, 0.1) is 6.33 Å². The Kier molecular flexibility index (Phi) is 9.87. The molecule has 30 heavy (non-hydrogen) atoms. The minimum absolute atomic E-state index is 0. The van der Waals surface area contributed by atoms with Crippen LogP contribution in [-0.2, 0) is 4.74 Å². The standard InChI is InChI=1S/C20H33N7O.2ClH/c1-28-12-4-11-22-18-17-19(27(13-23-17)16-5-2-3-6-16)26-20(25-18)24-15-9-7-14(21)8-10-15;;/h13-16H,2-12,21H2,1H3,(H2,22,24,25,26);2*1H/t14-,15-;;. The first-order valence-electron chi connectivity index (χ1n) is 10.7. The Labute approximate surface area is 191 Å². The van der Waals surface area contributed by atoms with Gasteiger partial charge in [-0.2, -0.15) is 9.97 Å². The minimum atomic E-state index is 0. The molecule has 170 valence electrons. The molecular formula is C20H35Cl2N7O. The fourth-order valence-electron chi connectivity index (χ4n) is 4.42. The molecule has 10 heteroatoms. The number of hydrogen-bond acceptors (Lipinski definition) is 7. The number of hydrogen-bond donors (Lipinski definition) is 3. The lowest BCUT2D eigenvalue weighted by Gasteiger charge is -2.27. The van der Waals surface area contributed by atoms with Gasteiger partial charge < -0.3 is 25.7 Å². The van der Waals surface area contributed by atoms with E-state index >= 15 is 0 Å². The summed E-state index contributed by atoms with van der Waals surface area (Å²) in [5.41, 5.74) is 7.85. The third-order valence-corrected chi connectivity index (χ3v) is 6.06. The molecule has 2 saturated carbocycles. The second-order valence-electron chi connectivity index (χ2n) is 8.19. The number of aromatic nitrogens is 4. The van der Waals surface area contributed by atoms with E-state index in [-0.39, 0.29) is 24.8 Å². The molecule has 0 aromatic carbocycles. The maximum atomic E-state index is 6.05. The quantitative estimate of drug-likeness (QED) is 0.513. The molecule has 0 bridgehead atoms. The molecule has 0 spiro atoms. The van der Waals surface area contributed by atoms with E-state index in [1.165, 1.54) is 25.7 Å². The van der Waals surface area contributed by atoms with E-state index in [9.17, 15) is 0 Å². The summed E-state index contributed by atoms with van der Waals surface area (Å²) < 4.78 is 7.41. The average Bonchev–Trinajstić information content (AvgIpc) is 3.36. The van der Waals surface area contributed by atoms with Crippen molar-refractivity contribution in [3.63, 3.8) is 0 Å². The van der Waals surface area contributed by atoms with Crippen LogP contribution in [0.25, 0.3) is 11.2 Å². The Hall–Kier alpha value is -1.35. The fourth-order valence-corrected chi connectivity index (χ4v) is 4.42. The van der Waals surface area contributed by atoms with Crippen LogP contribution in [0, 0.1) is 0 Å². The van der Waals surface area contributed by atoms with Gasteiger partial charge in [-0.05, 0) is 44.9 Å². The van der Waals surface area contributed by atoms with Crippen molar-refractivity contribution in [2.24, 2.45) is 5.73 Å². The number of ether oxygens (including phenoxy) is 1. The van der Waals surface area contributed by atoms with Crippen LogP contribution in [0.1, 0.15) is 63.8 Å². The van der Waals surface area contributed by atoms with Crippen LogP contribution in [0.2, 0.25) is 0 Å². The van der Waals surface area contributed by atoms with Gasteiger partial charge >= 0.3 is 0 Å². The molecule has 8 nitrogen and oxygen atoms in total. The zero-order valence-corrected chi connectivity index (χ0v) is 19.3. The number of methoxy groups -OCH3 is 1. The molecule has 0 atom stereocenters. The van der Waals surface area contributed by atoms with Crippen molar-refractivity contribution in [3.8, 4) is 0 Å². The Morgan fingerprint density at radius 3 is 2.53 bits per heavy atom. The van der Waals surface area contributed by atoms with Gasteiger partial charge in [0.25, 0.3) is 0 Å². The number of anilines is 2. The number of rotatable bonds is 8. The van der Waals surface area contributed by atoms with Gasteiger partial charge in [0.15, 0.2) is 17.0 Å². The van der Waals surface area contributed by atoms with Gasteiger partial charge in [-0.3, -0.25) is 0 Å².